The van der Waals surface area contributed by atoms with Crippen LogP contribution >= 0.6 is 11.3 Å². The predicted molar refractivity (Wildman–Crippen MR) is 118 cm³/mol. The van der Waals surface area contributed by atoms with Crippen LogP contribution < -0.4 is 4.31 Å². The van der Waals surface area contributed by atoms with E-state index in [0.29, 0.717) is 16.4 Å². The number of aromatic nitrogens is 1. The van der Waals surface area contributed by atoms with E-state index >= 15 is 0 Å². The van der Waals surface area contributed by atoms with Gasteiger partial charge in [-0.2, -0.15) is 0 Å². The van der Waals surface area contributed by atoms with E-state index < -0.39 is 10.0 Å². The number of anilines is 1. The van der Waals surface area contributed by atoms with Crippen LogP contribution in [0.5, 0.6) is 0 Å². The summed E-state index contributed by atoms with van der Waals surface area (Å²) in [6.45, 7) is 5.69. The zero-order valence-electron chi connectivity index (χ0n) is 17.1. The molecule has 2 aliphatic rings. The van der Waals surface area contributed by atoms with Crippen molar-refractivity contribution in [2.75, 3.05) is 10.8 Å². The van der Waals surface area contributed by atoms with E-state index in [2.05, 4.69) is 10.9 Å². The maximum absolute atomic E-state index is 13.2. The fraction of sp³-hybridized carbons (Fsp3) is 0.333. The predicted octanol–water partition coefficient (Wildman–Crippen LogP) is 4.97. The topological polar surface area (TPSA) is 70.5 Å². The summed E-state index contributed by atoms with van der Waals surface area (Å²) in [6, 6.07) is 7.09. The molecular weight excluding hydrogens is 481 g/mol. The van der Waals surface area contributed by atoms with Crippen molar-refractivity contribution in [3.05, 3.63) is 52.7 Å². The Bertz CT molecular complexity index is 1050. The van der Waals surface area contributed by atoms with Crippen molar-refractivity contribution in [3.8, 4) is 12.3 Å². The average Bonchev–Trinajstić information content (AvgIpc) is 3.41. The molecule has 1 N–H and O–H groups in total. The van der Waals surface area contributed by atoms with Crippen LogP contribution in [0.25, 0.3) is 10.7 Å². The summed E-state index contributed by atoms with van der Waals surface area (Å²) in [5, 5.41) is 11.7. The van der Waals surface area contributed by atoms with Gasteiger partial charge in [0.1, 0.15) is 9.78 Å². The zero-order chi connectivity index (χ0) is 19.8. The Balaban J connectivity index is 0.00000102. The summed E-state index contributed by atoms with van der Waals surface area (Å²) in [7, 11) is -3.99. The van der Waals surface area contributed by atoms with Crippen LogP contribution in [0.4, 0.5) is 5.82 Å². The van der Waals surface area contributed by atoms with Gasteiger partial charge in [-0.1, -0.05) is 44.0 Å². The number of hydrogen-bond donors (Lipinski definition) is 1. The molecule has 1 fully saturated rings. The quantitative estimate of drug-likeness (QED) is 0.472. The van der Waals surface area contributed by atoms with Gasteiger partial charge >= 0.3 is 0 Å². The molecule has 0 atom stereocenters. The molecule has 0 saturated heterocycles. The Hall–Kier alpha value is -1.20. The molecule has 5 nitrogen and oxygen atoms in total. The molecule has 1 radical (unpaired) electrons. The van der Waals surface area contributed by atoms with Crippen molar-refractivity contribution in [2.24, 2.45) is 0 Å². The maximum Gasteiger partial charge on any atom is 0.270 e. The standard InChI is InChI=1S/C18H16N2O3S2.C2H6.CH3.Y/c1-3-10-20-17-15(24-18(19-17)12-8-9-12)14(21)16(25(20,22)23)13-7-5-4-6-11(13)2;1-2;;/h1,4-7,12,21H,8-10H2,2H3;1-2H3;1H3;/q;;-1;. The SMILES string of the molecule is C#CCN1c2nc(C3CC3)sc2C(O)=C(c2ccccc2C)S1(=O)=O.CC.[CH3-].[Y]. The van der Waals surface area contributed by atoms with Crippen LogP contribution in [0.15, 0.2) is 24.3 Å². The van der Waals surface area contributed by atoms with Gasteiger partial charge in [0.2, 0.25) is 0 Å². The van der Waals surface area contributed by atoms with Crippen molar-refractivity contribution in [1.29, 1.82) is 0 Å². The first-order valence-corrected chi connectivity index (χ1v) is 11.2. The maximum atomic E-state index is 13.2. The molecule has 0 amide bonds. The third-order valence-electron chi connectivity index (χ3n) is 4.39. The normalized spacial score (nSPS) is 16.4. The molecule has 2 heterocycles. The molecule has 0 unspecified atom stereocenters. The minimum Gasteiger partial charge on any atom is -0.505 e. The Morgan fingerprint density at radius 1 is 1.31 bits per heavy atom. The minimum atomic E-state index is -3.99. The number of aliphatic hydroxyl groups is 1. The molecule has 1 aromatic heterocycles. The molecule has 0 spiro atoms. The molecule has 4 rings (SSSR count). The largest absolute Gasteiger partial charge is 0.505 e. The van der Waals surface area contributed by atoms with Crippen molar-refractivity contribution in [2.45, 2.75) is 39.5 Å². The molecular formula is C21H25N2O3S2Y-. The second-order valence-electron chi connectivity index (χ2n) is 6.19. The summed E-state index contributed by atoms with van der Waals surface area (Å²) >= 11 is 1.35. The summed E-state index contributed by atoms with van der Waals surface area (Å²) in [6.07, 6.45) is 7.50. The molecule has 1 aromatic carbocycles. The fourth-order valence-corrected chi connectivity index (χ4v) is 5.93. The number of thiazole rings is 1. The smallest absolute Gasteiger partial charge is 0.270 e. The van der Waals surface area contributed by atoms with E-state index in [-0.39, 0.29) is 63.2 Å². The number of terminal acetylenes is 1. The number of hydrogen-bond acceptors (Lipinski definition) is 5. The average molecular weight is 506 g/mol. The number of fused-ring (bicyclic) bond motifs is 1. The van der Waals surface area contributed by atoms with E-state index in [1.165, 1.54) is 11.3 Å². The number of rotatable bonds is 3. The summed E-state index contributed by atoms with van der Waals surface area (Å²) in [5.41, 5.74) is 1.25. The molecule has 153 valence electrons. The van der Waals surface area contributed by atoms with E-state index in [1.807, 2.05) is 32.9 Å². The van der Waals surface area contributed by atoms with E-state index in [0.717, 1.165) is 27.7 Å². The van der Waals surface area contributed by atoms with Gasteiger partial charge < -0.3 is 12.5 Å². The Labute approximate surface area is 203 Å². The second kappa shape index (κ2) is 10.2. The molecule has 2 aromatic rings. The van der Waals surface area contributed by atoms with Gasteiger partial charge in [-0.05, 0) is 25.3 Å². The number of benzene rings is 1. The van der Waals surface area contributed by atoms with E-state index in [1.54, 1.807) is 12.1 Å². The number of nitrogens with zero attached hydrogens (tertiary/aromatic N) is 2. The first-order chi connectivity index (χ1) is 12.9. The van der Waals surface area contributed by atoms with Crippen LogP contribution in [-0.2, 0) is 42.7 Å². The molecule has 1 saturated carbocycles. The molecule has 1 aliphatic heterocycles. The van der Waals surface area contributed by atoms with Crippen molar-refractivity contribution >= 4 is 37.8 Å². The zero-order valence-corrected chi connectivity index (χ0v) is 21.6. The van der Waals surface area contributed by atoms with Gasteiger partial charge in [-0.3, -0.25) is 0 Å². The van der Waals surface area contributed by atoms with Crippen LogP contribution in [0.3, 0.4) is 0 Å². The number of sulfonamides is 1. The third-order valence-corrected chi connectivity index (χ3v) is 7.42. The molecule has 29 heavy (non-hydrogen) atoms. The fourth-order valence-electron chi connectivity index (χ4n) is 2.94. The molecule has 8 heteroatoms. The summed E-state index contributed by atoms with van der Waals surface area (Å²) in [5.74, 6) is 2.77. The van der Waals surface area contributed by atoms with Crippen LogP contribution in [0, 0.1) is 26.7 Å². The monoisotopic (exact) mass is 506 g/mol. The van der Waals surface area contributed by atoms with Gasteiger partial charge in [-0.25, -0.2) is 17.7 Å². The van der Waals surface area contributed by atoms with Crippen LogP contribution in [0.1, 0.15) is 53.6 Å². The minimum absolute atomic E-state index is 0. The summed E-state index contributed by atoms with van der Waals surface area (Å²) < 4.78 is 27.5. The van der Waals surface area contributed by atoms with Gasteiger partial charge in [0.25, 0.3) is 10.0 Å². The Morgan fingerprint density at radius 3 is 2.48 bits per heavy atom. The Kier molecular flexibility index (Phi) is 9.10. The van der Waals surface area contributed by atoms with Crippen LogP contribution in [-0.4, -0.2) is 25.1 Å². The number of aliphatic hydroxyl groups excluding tert-OH is 1. The first-order valence-electron chi connectivity index (χ1n) is 8.91. The van der Waals surface area contributed by atoms with E-state index in [4.69, 9.17) is 6.42 Å². The van der Waals surface area contributed by atoms with Gasteiger partial charge in [0.15, 0.2) is 11.6 Å². The van der Waals surface area contributed by atoms with Crippen molar-refractivity contribution in [3.63, 3.8) is 0 Å². The van der Waals surface area contributed by atoms with Crippen LogP contribution in [0.2, 0.25) is 0 Å². The van der Waals surface area contributed by atoms with Gasteiger partial charge in [0, 0.05) is 44.2 Å². The van der Waals surface area contributed by atoms with Gasteiger partial charge in [0.05, 0.1) is 11.6 Å². The van der Waals surface area contributed by atoms with Crippen molar-refractivity contribution < 1.29 is 46.2 Å². The number of aryl methyl sites for hydroxylation is 1. The molecule has 0 bridgehead atoms. The van der Waals surface area contributed by atoms with E-state index in [9.17, 15) is 13.5 Å². The Morgan fingerprint density at radius 2 is 1.93 bits per heavy atom. The second-order valence-corrected chi connectivity index (χ2v) is 9.02. The first kappa shape index (κ1) is 25.8. The van der Waals surface area contributed by atoms with Crippen molar-refractivity contribution in [1.82, 2.24) is 4.98 Å². The summed E-state index contributed by atoms with van der Waals surface area (Å²) in [4.78, 5) is 4.86. The van der Waals surface area contributed by atoms with Gasteiger partial charge in [-0.15, -0.1) is 17.8 Å². The third kappa shape index (κ3) is 4.61. The molecule has 1 aliphatic carbocycles.